The maximum Gasteiger partial charge on any atom is 0.275 e. The zero-order valence-corrected chi connectivity index (χ0v) is 14.8. The molecule has 0 radical (unpaired) electrons. The summed E-state index contributed by atoms with van der Waals surface area (Å²) in [6.45, 7) is 2.99. The molecular formula is C14H25N4O4S+. The highest BCUT2D eigenvalue weighted by molar-refractivity contribution is 7.89. The van der Waals surface area contributed by atoms with Crippen LogP contribution in [0, 0.1) is 0 Å². The Morgan fingerprint density at radius 1 is 1.35 bits per heavy atom. The molecule has 8 nitrogen and oxygen atoms in total. The molecule has 23 heavy (non-hydrogen) atoms. The third kappa shape index (κ3) is 5.45. The van der Waals surface area contributed by atoms with Crippen molar-refractivity contribution < 1.29 is 18.1 Å². The lowest BCUT2D eigenvalue weighted by molar-refractivity contribution is -0.895. The van der Waals surface area contributed by atoms with Crippen molar-refractivity contribution >= 4 is 15.9 Å². The van der Waals surface area contributed by atoms with Crippen LogP contribution < -0.4 is 15.8 Å². The van der Waals surface area contributed by atoms with Gasteiger partial charge < -0.3 is 10.2 Å². The zero-order valence-electron chi connectivity index (χ0n) is 14.0. The monoisotopic (exact) mass is 345 g/mol. The van der Waals surface area contributed by atoms with Gasteiger partial charge in [0.1, 0.15) is 0 Å². The fourth-order valence-corrected chi connectivity index (χ4v) is 2.87. The van der Waals surface area contributed by atoms with Crippen LogP contribution >= 0.6 is 0 Å². The van der Waals surface area contributed by atoms with E-state index in [2.05, 4.69) is 5.32 Å². The Morgan fingerprint density at radius 3 is 2.57 bits per heavy atom. The second-order valence-electron chi connectivity index (χ2n) is 5.60. The highest BCUT2D eigenvalue weighted by atomic mass is 32.2. The predicted octanol–water partition coefficient (Wildman–Crippen LogP) is -1.90. The van der Waals surface area contributed by atoms with Crippen LogP contribution in [0.25, 0.3) is 0 Å². The number of nitrogens with zero attached hydrogens (tertiary/aromatic N) is 2. The standard InChI is InChI=1S/C14H24N4O4S/c1-5-8-15-13(19)10-17(4)11-18-9-12(6-7-14(18)20)23(21,22)16(2)3/h6-7,9H,5,8,10-11H2,1-4H3,(H,15,19)/p+1. The lowest BCUT2D eigenvalue weighted by Gasteiger charge is -2.17. The van der Waals surface area contributed by atoms with Crippen molar-refractivity contribution in [3.05, 3.63) is 28.7 Å². The molecule has 0 aliphatic carbocycles. The SMILES string of the molecule is CCCNC(=O)C[NH+](C)Cn1cc(S(=O)(=O)N(C)C)ccc1=O. The zero-order chi connectivity index (χ0) is 17.6. The molecule has 0 aliphatic heterocycles. The van der Waals surface area contributed by atoms with Crippen LogP contribution in [-0.2, 0) is 21.5 Å². The molecule has 0 saturated heterocycles. The molecule has 2 N–H and O–H groups in total. The van der Waals surface area contributed by atoms with Crippen molar-refractivity contribution in [3.63, 3.8) is 0 Å². The Kier molecular flexibility index (Phi) is 6.92. The van der Waals surface area contributed by atoms with Gasteiger partial charge >= 0.3 is 0 Å². The average molecular weight is 345 g/mol. The quantitative estimate of drug-likeness (QED) is 0.575. The number of sulfonamides is 1. The van der Waals surface area contributed by atoms with Gasteiger partial charge in [0.05, 0.1) is 11.9 Å². The Balaban J connectivity index is 2.89. The van der Waals surface area contributed by atoms with Crippen molar-refractivity contribution in [2.75, 3.05) is 34.2 Å². The summed E-state index contributed by atoms with van der Waals surface area (Å²) < 4.78 is 26.6. The second-order valence-corrected chi connectivity index (χ2v) is 7.75. The second kappa shape index (κ2) is 8.23. The van der Waals surface area contributed by atoms with Crippen LogP contribution in [-0.4, -0.2) is 57.4 Å². The Labute approximate surface area is 136 Å². The summed E-state index contributed by atoms with van der Waals surface area (Å²) in [5, 5.41) is 2.76. The van der Waals surface area contributed by atoms with E-state index >= 15 is 0 Å². The summed E-state index contributed by atoms with van der Waals surface area (Å²) in [6, 6.07) is 2.51. The van der Waals surface area contributed by atoms with Crippen LogP contribution in [0.4, 0.5) is 0 Å². The third-order valence-electron chi connectivity index (χ3n) is 3.21. The molecule has 1 heterocycles. The minimum absolute atomic E-state index is 0.0466. The van der Waals surface area contributed by atoms with Crippen molar-refractivity contribution in [2.24, 2.45) is 0 Å². The van der Waals surface area contributed by atoms with Gasteiger partial charge in [0.2, 0.25) is 10.0 Å². The highest BCUT2D eigenvalue weighted by Crippen LogP contribution is 2.09. The van der Waals surface area contributed by atoms with Crippen molar-refractivity contribution in [2.45, 2.75) is 24.9 Å². The summed E-state index contributed by atoms with van der Waals surface area (Å²) in [5.74, 6) is -0.102. The number of hydrogen-bond acceptors (Lipinski definition) is 4. The van der Waals surface area contributed by atoms with Gasteiger partial charge in [0, 0.05) is 32.9 Å². The van der Waals surface area contributed by atoms with Gasteiger partial charge in [-0.2, -0.15) is 0 Å². The van der Waals surface area contributed by atoms with E-state index in [1.807, 2.05) is 6.92 Å². The van der Waals surface area contributed by atoms with E-state index in [-0.39, 0.29) is 29.6 Å². The minimum Gasteiger partial charge on any atom is -0.351 e. The van der Waals surface area contributed by atoms with Gasteiger partial charge in [-0.3, -0.25) is 14.2 Å². The molecule has 1 aromatic heterocycles. The largest absolute Gasteiger partial charge is 0.351 e. The number of rotatable bonds is 8. The van der Waals surface area contributed by atoms with Gasteiger partial charge in [0.25, 0.3) is 11.5 Å². The van der Waals surface area contributed by atoms with E-state index in [0.29, 0.717) is 6.54 Å². The van der Waals surface area contributed by atoms with Crippen LogP contribution in [0.15, 0.2) is 28.0 Å². The van der Waals surface area contributed by atoms with E-state index in [1.165, 1.54) is 37.0 Å². The summed E-state index contributed by atoms with van der Waals surface area (Å²) in [4.78, 5) is 24.4. The summed E-state index contributed by atoms with van der Waals surface area (Å²) in [5.41, 5.74) is -0.309. The van der Waals surface area contributed by atoms with Crippen LogP contribution in [0.5, 0.6) is 0 Å². The number of aromatic nitrogens is 1. The highest BCUT2D eigenvalue weighted by Gasteiger charge is 2.19. The van der Waals surface area contributed by atoms with Crippen molar-refractivity contribution in [3.8, 4) is 0 Å². The van der Waals surface area contributed by atoms with Crippen LogP contribution in [0.3, 0.4) is 0 Å². The number of pyridine rings is 1. The fourth-order valence-electron chi connectivity index (χ4n) is 1.94. The van der Waals surface area contributed by atoms with Crippen LogP contribution in [0.2, 0.25) is 0 Å². The molecule has 0 aromatic carbocycles. The molecule has 1 aromatic rings. The van der Waals surface area contributed by atoms with E-state index in [4.69, 9.17) is 0 Å². The fraction of sp³-hybridized carbons (Fsp3) is 0.571. The van der Waals surface area contributed by atoms with Gasteiger partial charge in [-0.1, -0.05) is 6.92 Å². The number of nitrogens with one attached hydrogen (secondary N) is 2. The van der Waals surface area contributed by atoms with E-state index in [9.17, 15) is 18.0 Å². The van der Waals surface area contributed by atoms with Crippen molar-refractivity contribution in [1.29, 1.82) is 0 Å². The summed E-state index contributed by atoms with van der Waals surface area (Å²) in [7, 11) is 1.03. The molecule has 1 amide bonds. The van der Waals surface area contributed by atoms with E-state index in [1.54, 1.807) is 7.05 Å². The number of carbonyl (C=O) groups excluding carboxylic acids is 1. The minimum atomic E-state index is -3.60. The number of amides is 1. The molecule has 0 aliphatic rings. The van der Waals surface area contributed by atoms with E-state index < -0.39 is 10.0 Å². The maximum atomic E-state index is 12.1. The van der Waals surface area contributed by atoms with Gasteiger partial charge in [-0.05, 0) is 12.5 Å². The first kappa shape index (κ1) is 19.3. The Morgan fingerprint density at radius 2 is 2.00 bits per heavy atom. The normalized spacial score (nSPS) is 13.1. The lowest BCUT2D eigenvalue weighted by Crippen LogP contribution is -3.09. The molecule has 0 saturated carbocycles. The third-order valence-corrected chi connectivity index (χ3v) is 5.01. The first-order valence-corrected chi connectivity index (χ1v) is 8.83. The number of likely N-dealkylation sites (N-methyl/N-ethyl adjacent to an activating group) is 1. The predicted molar refractivity (Wildman–Crippen MR) is 86.6 cm³/mol. The van der Waals surface area contributed by atoms with Gasteiger partial charge in [0.15, 0.2) is 13.2 Å². The molecule has 130 valence electrons. The molecule has 1 unspecified atom stereocenters. The molecule has 0 bridgehead atoms. The van der Waals surface area contributed by atoms with Gasteiger partial charge in [-0.25, -0.2) is 12.7 Å². The lowest BCUT2D eigenvalue weighted by atomic mass is 10.4. The first-order valence-electron chi connectivity index (χ1n) is 7.39. The van der Waals surface area contributed by atoms with Crippen molar-refractivity contribution in [1.82, 2.24) is 14.2 Å². The number of carbonyl (C=O) groups is 1. The maximum absolute atomic E-state index is 12.1. The Hall–Kier alpha value is -1.71. The first-order chi connectivity index (χ1) is 10.7. The summed E-state index contributed by atoms with van der Waals surface area (Å²) in [6.07, 6.45) is 2.17. The number of quaternary nitrogens is 1. The molecule has 9 heteroatoms. The molecule has 0 spiro atoms. The molecule has 1 rings (SSSR count). The Bertz CT molecular complexity index is 697. The van der Waals surface area contributed by atoms with Crippen LogP contribution in [0.1, 0.15) is 13.3 Å². The molecule has 0 fully saturated rings. The van der Waals surface area contributed by atoms with Gasteiger partial charge in [-0.15, -0.1) is 0 Å². The van der Waals surface area contributed by atoms with E-state index in [0.717, 1.165) is 15.6 Å². The molecular weight excluding hydrogens is 320 g/mol. The smallest absolute Gasteiger partial charge is 0.275 e. The topological polar surface area (TPSA) is 92.9 Å². The average Bonchev–Trinajstić information content (AvgIpc) is 2.46. The summed E-state index contributed by atoms with van der Waals surface area (Å²) >= 11 is 0. The molecule has 1 atom stereocenters. The number of hydrogen-bond donors (Lipinski definition) is 2.